The van der Waals surface area contributed by atoms with Gasteiger partial charge in [-0.3, -0.25) is 9.69 Å². The molecule has 5 rings (SSSR count). The molecule has 6 heteroatoms. The van der Waals surface area contributed by atoms with Gasteiger partial charge >= 0.3 is 29.6 Å². The number of hydrogen-bond acceptors (Lipinski definition) is 1. The number of para-hydroxylation sites is 2. The smallest absolute Gasteiger partial charge is 0.361 e. The first-order valence-corrected chi connectivity index (χ1v) is 9.81. The van der Waals surface area contributed by atoms with Gasteiger partial charge in [-0.25, -0.2) is 0 Å². The third-order valence-electron chi connectivity index (χ3n) is 5.34. The molecule has 1 aromatic heterocycles. The topological polar surface area (TPSA) is 36.1 Å². The molecule has 3 nitrogen and oxygen atoms in total. The Hall–Kier alpha value is -1.75. The van der Waals surface area contributed by atoms with Gasteiger partial charge in [0.1, 0.15) is 0 Å². The zero-order valence-electron chi connectivity index (χ0n) is 15.8. The van der Waals surface area contributed by atoms with Gasteiger partial charge in [-0.2, -0.15) is 0 Å². The van der Waals surface area contributed by atoms with Crippen LogP contribution in [-0.4, -0.2) is 16.9 Å². The number of nitrogens with zero attached hydrogens (tertiary/aromatic N) is 1. The number of H-pyrrole nitrogens is 1. The Morgan fingerprint density at radius 3 is 2.48 bits per heavy atom. The second kappa shape index (κ2) is 8.17. The number of carbonyl (C=O) groups is 1. The number of amides is 1. The fraction of sp³-hybridized carbons (Fsp3) is 0.0870. The van der Waals surface area contributed by atoms with Crippen LogP contribution in [0.25, 0.3) is 17.0 Å². The third-order valence-corrected chi connectivity index (χ3v) is 5.95. The molecular formula is C23H16Cl2N2NaO+. The van der Waals surface area contributed by atoms with Crippen molar-refractivity contribution in [3.05, 3.63) is 94.1 Å². The molecule has 1 fully saturated rings. The molecule has 2 atom stereocenters. The first-order chi connectivity index (χ1) is 13.6. The molecule has 0 radical (unpaired) electrons. The molecule has 3 aromatic rings. The summed E-state index contributed by atoms with van der Waals surface area (Å²) in [5.74, 6) is -0.134. The molecule has 1 saturated heterocycles. The van der Waals surface area contributed by atoms with E-state index >= 15 is 0 Å². The van der Waals surface area contributed by atoms with Gasteiger partial charge in [-0.05, 0) is 24.3 Å². The second-order valence-corrected chi connectivity index (χ2v) is 7.74. The van der Waals surface area contributed by atoms with Gasteiger partial charge in [0, 0.05) is 34.2 Å². The monoisotopic (exact) mass is 429 g/mol. The van der Waals surface area contributed by atoms with Crippen molar-refractivity contribution < 1.29 is 34.4 Å². The molecule has 2 aromatic carbocycles. The SMILES string of the molecule is O=C1/C(=C\c2c[nH]c3ccccc23)C2C=CC=CC2N1c1c(Cl)cccc1Cl.[Na+]. The summed E-state index contributed by atoms with van der Waals surface area (Å²) in [7, 11) is 0. The average molecular weight is 430 g/mol. The van der Waals surface area contributed by atoms with E-state index in [2.05, 4.69) is 17.1 Å². The van der Waals surface area contributed by atoms with Crippen LogP contribution >= 0.6 is 23.2 Å². The number of rotatable bonds is 2. The van der Waals surface area contributed by atoms with Gasteiger partial charge in [-0.15, -0.1) is 0 Å². The van der Waals surface area contributed by atoms with Gasteiger partial charge in [0.2, 0.25) is 0 Å². The zero-order valence-corrected chi connectivity index (χ0v) is 19.3. The number of aromatic amines is 1. The summed E-state index contributed by atoms with van der Waals surface area (Å²) in [6.45, 7) is 0. The maximum absolute atomic E-state index is 13.5. The molecule has 1 amide bonds. The quantitative estimate of drug-likeness (QED) is 0.493. The molecule has 2 heterocycles. The number of aromatic nitrogens is 1. The van der Waals surface area contributed by atoms with E-state index in [1.54, 1.807) is 23.1 Å². The minimum Gasteiger partial charge on any atom is -0.361 e. The molecule has 0 spiro atoms. The van der Waals surface area contributed by atoms with E-state index < -0.39 is 0 Å². The summed E-state index contributed by atoms with van der Waals surface area (Å²) in [4.78, 5) is 18.5. The van der Waals surface area contributed by atoms with E-state index in [1.165, 1.54) is 0 Å². The van der Waals surface area contributed by atoms with Crippen molar-refractivity contribution in [1.29, 1.82) is 0 Å². The molecule has 1 N–H and O–H groups in total. The van der Waals surface area contributed by atoms with Crippen LogP contribution in [0.15, 0.2) is 78.5 Å². The van der Waals surface area contributed by atoms with E-state index in [1.807, 2.05) is 48.7 Å². The van der Waals surface area contributed by atoms with Crippen molar-refractivity contribution in [2.24, 2.45) is 5.92 Å². The van der Waals surface area contributed by atoms with Gasteiger partial charge in [0.05, 0.1) is 21.8 Å². The summed E-state index contributed by atoms with van der Waals surface area (Å²) in [5, 5.41) is 2.02. The van der Waals surface area contributed by atoms with Crippen molar-refractivity contribution in [1.82, 2.24) is 4.98 Å². The zero-order chi connectivity index (χ0) is 19.3. The van der Waals surface area contributed by atoms with Crippen LogP contribution in [0.5, 0.6) is 0 Å². The predicted molar refractivity (Wildman–Crippen MR) is 116 cm³/mol. The first-order valence-electron chi connectivity index (χ1n) is 9.05. The predicted octanol–water partition coefficient (Wildman–Crippen LogP) is 3.02. The molecule has 29 heavy (non-hydrogen) atoms. The summed E-state index contributed by atoms with van der Waals surface area (Å²) in [6.07, 6.45) is 11.9. The number of benzene rings is 2. The standard InChI is InChI=1S/C23H16Cl2N2O.Na/c24-18-8-5-9-19(25)22(18)27-21-11-4-2-7-16(21)17(23(27)28)12-14-13-26-20-10-3-1-6-15(14)20;/h1-13,16,21,26H;/q;+1/b17-12-;. The maximum atomic E-state index is 13.5. The van der Waals surface area contributed by atoms with Crippen LogP contribution in [0.3, 0.4) is 0 Å². The first kappa shape index (κ1) is 20.5. The van der Waals surface area contributed by atoms with Crippen molar-refractivity contribution in [3.63, 3.8) is 0 Å². The number of allylic oxidation sites excluding steroid dienone is 2. The van der Waals surface area contributed by atoms with Crippen molar-refractivity contribution in [2.75, 3.05) is 4.90 Å². The van der Waals surface area contributed by atoms with Crippen molar-refractivity contribution >= 4 is 51.8 Å². The Kier molecular flexibility index (Phi) is 5.78. The maximum Gasteiger partial charge on any atom is 1.00 e. The fourth-order valence-electron chi connectivity index (χ4n) is 4.06. The van der Waals surface area contributed by atoms with Crippen LogP contribution in [-0.2, 0) is 4.79 Å². The molecule has 1 aliphatic heterocycles. The van der Waals surface area contributed by atoms with Crippen LogP contribution in [0.2, 0.25) is 10.0 Å². The second-order valence-electron chi connectivity index (χ2n) is 6.92. The number of halogens is 2. The minimum absolute atomic E-state index is 0. The summed E-state index contributed by atoms with van der Waals surface area (Å²) in [5.41, 5.74) is 3.33. The van der Waals surface area contributed by atoms with Gasteiger partial charge in [0.25, 0.3) is 5.91 Å². The van der Waals surface area contributed by atoms with Crippen LogP contribution < -0.4 is 34.5 Å². The largest absolute Gasteiger partial charge is 1.00 e. The van der Waals surface area contributed by atoms with Crippen LogP contribution in [0.1, 0.15) is 5.56 Å². The van der Waals surface area contributed by atoms with E-state index in [-0.39, 0.29) is 47.4 Å². The summed E-state index contributed by atoms with van der Waals surface area (Å²) in [6, 6.07) is 13.2. The molecule has 1 aliphatic carbocycles. The Labute approximate surface area is 201 Å². The molecule has 2 aliphatic rings. The van der Waals surface area contributed by atoms with Crippen molar-refractivity contribution in [2.45, 2.75) is 6.04 Å². The van der Waals surface area contributed by atoms with Gasteiger partial charge in [0.15, 0.2) is 0 Å². The van der Waals surface area contributed by atoms with E-state index in [0.717, 1.165) is 22.0 Å². The van der Waals surface area contributed by atoms with E-state index in [0.29, 0.717) is 15.7 Å². The Balaban J connectivity index is 0.00000205. The molecular weight excluding hydrogens is 414 g/mol. The third kappa shape index (κ3) is 3.41. The summed E-state index contributed by atoms with van der Waals surface area (Å²) >= 11 is 12.9. The van der Waals surface area contributed by atoms with Crippen LogP contribution in [0.4, 0.5) is 5.69 Å². The normalized spacial score (nSPS) is 21.7. The molecule has 138 valence electrons. The van der Waals surface area contributed by atoms with Crippen molar-refractivity contribution in [3.8, 4) is 0 Å². The van der Waals surface area contributed by atoms with Gasteiger partial charge < -0.3 is 4.98 Å². The fourth-order valence-corrected chi connectivity index (χ4v) is 4.63. The summed E-state index contributed by atoms with van der Waals surface area (Å²) < 4.78 is 0. The number of carbonyl (C=O) groups excluding carboxylic acids is 1. The molecule has 2 unspecified atom stereocenters. The van der Waals surface area contributed by atoms with Gasteiger partial charge in [-0.1, -0.05) is 71.8 Å². The number of nitrogens with one attached hydrogen (secondary N) is 1. The minimum atomic E-state index is -0.147. The average Bonchev–Trinajstić information content (AvgIpc) is 3.23. The number of hydrogen-bond donors (Lipinski definition) is 1. The number of anilines is 1. The Morgan fingerprint density at radius 1 is 0.966 bits per heavy atom. The Bertz CT molecular complexity index is 1170. The van der Waals surface area contributed by atoms with E-state index in [4.69, 9.17) is 23.2 Å². The molecule has 0 saturated carbocycles. The van der Waals surface area contributed by atoms with E-state index in [9.17, 15) is 4.79 Å². The molecule has 0 bridgehead atoms. The Morgan fingerprint density at radius 2 is 1.69 bits per heavy atom. The van der Waals surface area contributed by atoms with Crippen LogP contribution in [0, 0.1) is 5.92 Å². The number of fused-ring (bicyclic) bond motifs is 2.